The van der Waals surface area contributed by atoms with Crippen LogP contribution in [0.5, 0.6) is 0 Å². The Morgan fingerprint density at radius 1 is 1.32 bits per heavy atom. The number of carbonyl (C=O) groups excluding carboxylic acids is 1. The van der Waals surface area contributed by atoms with E-state index >= 15 is 0 Å². The first-order chi connectivity index (χ1) is 18.2. The number of benzene rings is 1. The van der Waals surface area contributed by atoms with Crippen LogP contribution in [-0.2, 0) is 19.6 Å². The summed E-state index contributed by atoms with van der Waals surface area (Å²) in [4.78, 5) is 22.3. The average molecular weight is 583 g/mol. The van der Waals surface area contributed by atoms with Gasteiger partial charge in [0.05, 0.1) is 17.9 Å². The quantitative estimate of drug-likeness (QED) is 0.481. The fourth-order valence-electron chi connectivity index (χ4n) is 5.30. The van der Waals surface area contributed by atoms with Gasteiger partial charge in [0.2, 0.25) is 10.0 Å². The summed E-state index contributed by atoms with van der Waals surface area (Å²) in [5.74, 6) is -0.794. The van der Waals surface area contributed by atoms with Gasteiger partial charge in [-0.05, 0) is 43.7 Å². The van der Waals surface area contributed by atoms with Crippen molar-refractivity contribution in [3.05, 3.63) is 62.5 Å². The number of carbonyl (C=O) groups is 1. The lowest BCUT2D eigenvalue weighted by atomic mass is 9.86. The van der Waals surface area contributed by atoms with Gasteiger partial charge in [-0.1, -0.05) is 17.7 Å². The molecule has 0 radical (unpaired) electrons. The maximum atomic E-state index is 13.9. The Morgan fingerprint density at radius 3 is 2.66 bits per heavy atom. The van der Waals surface area contributed by atoms with Crippen molar-refractivity contribution in [2.75, 3.05) is 26.8 Å². The number of nitrogens with zero attached hydrogens (tertiary/aromatic N) is 3. The van der Waals surface area contributed by atoms with Crippen LogP contribution in [0.25, 0.3) is 0 Å². The zero-order valence-electron chi connectivity index (χ0n) is 20.6. The summed E-state index contributed by atoms with van der Waals surface area (Å²) in [5.41, 5.74) is 1.29. The van der Waals surface area contributed by atoms with Gasteiger partial charge in [0.25, 0.3) is 0 Å². The minimum atomic E-state index is -3.46. The van der Waals surface area contributed by atoms with Gasteiger partial charge in [-0.15, -0.1) is 11.3 Å². The number of esters is 1. The van der Waals surface area contributed by atoms with Crippen molar-refractivity contribution in [3.8, 4) is 0 Å². The Balaban J connectivity index is 1.47. The number of ether oxygens (including phenoxy) is 1. The molecule has 0 amide bonds. The number of nitrogens with one attached hydrogen (secondary N) is 1. The number of hydrogen-bond acceptors (Lipinski definition) is 9. The molecular formula is C25H28ClFN4O5S2. The lowest BCUT2D eigenvalue weighted by molar-refractivity contribution is -0.136. The summed E-state index contributed by atoms with van der Waals surface area (Å²) in [5, 5.41) is 14.7. The van der Waals surface area contributed by atoms with E-state index in [0.717, 1.165) is 0 Å². The molecule has 3 aliphatic rings. The molecular weight excluding hydrogens is 555 g/mol. The number of methoxy groups -OCH3 is 1. The maximum absolute atomic E-state index is 13.9. The number of aliphatic imine (C=N–C) groups is 1. The zero-order chi connectivity index (χ0) is 27.0. The van der Waals surface area contributed by atoms with Gasteiger partial charge in [0.15, 0.2) is 10.8 Å². The molecule has 1 saturated heterocycles. The number of sulfonamides is 1. The van der Waals surface area contributed by atoms with Gasteiger partial charge < -0.3 is 15.2 Å². The first-order valence-corrected chi connectivity index (χ1v) is 15.1. The van der Waals surface area contributed by atoms with E-state index in [0.29, 0.717) is 60.9 Å². The fourth-order valence-corrected chi connectivity index (χ4v) is 8.33. The van der Waals surface area contributed by atoms with Gasteiger partial charge in [-0.2, -0.15) is 0 Å². The molecule has 0 unspecified atom stereocenters. The van der Waals surface area contributed by atoms with Crippen molar-refractivity contribution >= 4 is 44.8 Å². The van der Waals surface area contributed by atoms with Crippen LogP contribution >= 0.6 is 22.9 Å². The van der Waals surface area contributed by atoms with E-state index in [1.807, 2.05) is 5.38 Å². The lowest BCUT2D eigenvalue weighted by Crippen LogP contribution is -2.49. The molecule has 2 fully saturated rings. The van der Waals surface area contributed by atoms with E-state index in [4.69, 9.17) is 21.3 Å². The second-order valence-electron chi connectivity index (χ2n) is 9.69. The van der Waals surface area contributed by atoms with Gasteiger partial charge in [-0.3, -0.25) is 4.99 Å². The summed E-state index contributed by atoms with van der Waals surface area (Å²) < 4.78 is 46.7. The molecule has 1 atom stereocenters. The first kappa shape index (κ1) is 27.2. The van der Waals surface area contributed by atoms with Gasteiger partial charge in [0.1, 0.15) is 11.9 Å². The number of allylic oxidation sites excluding steroid dienone is 1. The topological polar surface area (TPSA) is 121 Å². The van der Waals surface area contributed by atoms with Crippen LogP contribution in [0, 0.1) is 17.7 Å². The molecule has 1 aromatic heterocycles. The van der Waals surface area contributed by atoms with Crippen LogP contribution in [0.15, 0.2) is 46.0 Å². The molecule has 204 valence electrons. The van der Waals surface area contributed by atoms with E-state index < -0.39 is 33.1 Å². The molecule has 38 heavy (non-hydrogen) atoms. The highest BCUT2D eigenvalue weighted by Gasteiger charge is 2.44. The maximum Gasteiger partial charge on any atom is 0.338 e. The van der Waals surface area contributed by atoms with Crippen molar-refractivity contribution in [1.29, 1.82) is 0 Å². The highest BCUT2D eigenvalue weighted by Crippen LogP contribution is 2.41. The lowest BCUT2D eigenvalue weighted by Gasteiger charge is -2.40. The van der Waals surface area contributed by atoms with Crippen LogP contribution < -0.4 is 5.32 Å². The second-order valence-corrected chi connectivity index (χ2v) is 13.2. The predicted molar refractivity (Wildman–Crippen MR) is 142 cm³/mol. The zero-order valence-corrected chi connectivity index (χ0v) is 23.0. The number of amidine groups is 1. The summed E-state index contributed by atoms with van der Waals surface area (Å²) in [6.45, 7) is 0.615. The molecule has 1 aromatic carbocycles. The highest BCUT2D eigenvalue weighted by molar-refractivity contribution is 7.89. The number of hydrogen-bond donors (Lipinski definition) is 2. The van der Waals surface area contributed by atoms with Crippen LogP contribution in [0.1, 0.15) is 42.3 Å². The second kappa shape index (κ2) is 11.0. The highest BCUT2D eigenvalue weighted by atomic mass is 35.5. The van der Waals surface area contributed by atoms with Gasteiger partial charge in [-0.25, -0.2) is 26.9 Å². The average Bonchev–Trinajstić information content (AvgIpc) is 3.42. The van der Waals surface area contributed by atoms with Crippen molar-refractivity contribution < 1.29 is 27.4 Å². The monoisotopic (exact) mass is 582 g/mol. The third-order valence-electron chi connectivity index (χ3n) is 7.47. The van der Waals surface area contributed by atoms with Crippen molar-refractivity contribution in [3.63, 3.8) is 0 Å². The smallest absolute Gasteiger partial charge is 0.338 e. The summed E-state index contributed by atoms with van der Waals surface area (Å²) >= 11 is 7.79. The number of aliphatic hydroxyl groups is 1. The SMILES string of the molecule is COC(=O)C1=C(C2CCN(S(=O)(=O)[C@H]3C[C@@H](CO)C3)CC2)NC(c2nccs2)=N[C@H]1c1ccc(F)cc1Cl. The Bertz CT molecular complexity index is 1370. The Kier molecular flexibility index (Phi) is 7.88. The first-order valence-electron chi connectivity index (χ1n) is 12.3. The van der Waals surface area contributed by atoms with Crippen LogP contribution in [-0.4, -0.2) is 66.7 Å². The number of piperidine rings is 1. The van der Waals surface area contributed by atoms with Crippen LogP contribution in [0.2, 0.25) is 5.02 Å². The number of rotatable bonds is 7. The van der Waals surface area contributed by atoms with Crippen LogP contribution in [0.3, 0.4) is 0 Å². The van der Waals surface area contributed by atoms with E-state index in [1.54, 1.807) is 6.20 Å². The molecule has 13 heteroatoms. The molecule has 1 aliphatic carbocycles. The summed E-state index contributed by atoms with van der Waals surface area (Å²) in [7, 11) is -2.18. The molecule has 0 bridgehead atoms. The third kappa shape index (κ3) is 5.12. The molecule has 2 N–H and O–H groups in total. The molecule has 1 saturated carbocycles. The molecule has 3 heterocycles. The van der Waals surface area contributed by atoms with Gasteiger partial charge >= 0.3 is 5.97 Å². The molecule has 9 nitrogen and oxygen atoms in total. The normalized spacial score (nSPS) is 24.9. The van der Waals surface area contributed by atoms with Gasteiger partial charge in [0, 0.05) is 53.5 Å². The largest absolute Gasteiger partial charge is 0.466 e. The molecule has 2 aliphatic heterocycles. The number of thiazole rings is 1. The summed E-state index contributed by atoms with van der Waals surface area (Å²) in [6, 6.07) is 3.08. The molecule has 0 spiro atoms. The Morgan fingerprint density at radius 2 is 2.05 bits per heavy atom. The van der Waals surface area contributed by atoms with Crippen molar-refractivity contribution in [2.24, 2.45) is 16.8 Å². The van der Waals surface area contributed by atoms with E-state index in [2.05, 4.69) is 10.3 Å². The Labute approximate surface area is 229 Å². The number of halogens is 2. The minimum absolute atomic E-state index is 0.00639. The van der Waals surface area contributed by atoms with Crippen LogP contribution in [0.4, 0.5) is 4.39 Å². The molecule has 5 rings (SSSR count). The number of aliphatic hydroxyl groups excluding tert-OH is 1. The van der Waals surface area contributed by atoms with E-state index in [1.165, 1.54) is 41.0 Å². The summed E-state index contributed by atoms with van der Waals surface area (Å²) in [6.07, 6.45) is 3.56. The van der Waals surface area contributed by atoms with Crippen molar-refractivity contribution in [2.45, 2.75) is 37.0 Å². The fraction of sp³-hybridized carbons (Fsp3) is 0.480. The van der Waals surface area contributed by atoms with E-state index in [-0.39, 0.29) is 29.0 Å². The Hall–Kier alpha value is -2.38. The predicted octanol–water partition coefficient (Wildman–Crippen LogP) is 3.27. The van der Waals surface area contributed by atoms with E-state index in [9.17, 15) is 22.7 Å². The number of aromatic nitrogens is 1. The molecule has 2 aromatic rings. The standard InChI is InChI=1S/C25H28ClFN4O5S2/c1-36-25(33)20-21(15-4-7-31(8-5-15)38(34,35)17-10-14(11-17)13-32)29-23(24-28-6-9-37-24)30-22(20)18-3-2-16(27)12-19(18)26/h2-3,6,9,12,14-15,17,22,32H,4-5,7-8,10-11,13H2,1H3,(H,29,30)/t14-,17+,22-/m0/s1. The van der Waals surface area contributed by atoms with Crippen molar-refractivity contribution in [1.82, 2.24) is 14.6 Å². The third-order valence-corrected chi connectivity index (χ3v) is 10.9. The minimum Gasteiger partial charge on any atom is -0.466 e.